The number of ether oxygens (including phenoxy) is 1. The lowest BCUT2D eigenvalue weighted by Crippen LogP contribution is -2.19. The molecule has 2 aromatic carbocycles. The molecule has 2 aromatic rings. The standard InChI is InChI=1S/C18H20N2O2S/c1-4-22-17(21)14-6-9-15(10-7-14)19-18(23)20-16-8-5-12(2)13(3)11-16/h5-11H,4H2,1-3H3,(H2,19,20,23). The van der Waals surface area contributed by atoms with E-state index in [-0.39, 0.29) is 5.97 Å². The quantitative estimate of drug-likeness (QED) is 0.648. The molecule has 2 rings (SSSR count). The van der Waals surface area contributed by atoms with Crippen LogP contribution in [0.25, 0.3) is 0 Å². The number of carbonyl (C=O) groups excluding carboxylic acids is 1. The van der Waals surface area contributed by atoms with Gasteiger partial charge in [-0.15, -0.1) is 0 Å². The van der Waals surface area contributed by atoms with Crippen LogP contribution in [0.2, 0.25) is 0 Å². The number of aryl methyl sites for hydroxylation is 2. The third-order valence-electron chi connectivity index (χ3n) is 3.42. The number of hydrogen-bond donors (Lipinski definition) is 2. The lowest BCUT2D eigenvalue weighted by Gasteiger charge is -2.12. The van der Waals surface area contributed by atoms with Crippen LogP contribution in [0, 0.1) is 13.8 Å². The SMILES string of the molecule is CCOC(=O)c1ccc(NC(=S)Nc2ccc(C)c(C)c2)cc1. The highest BCUT2D eigenvalue weighted by molar-refractivity contribution is 7.80. The number of esters is 1. The Kier molecular flexibility index (Phi) is 5.71. The Morgan fingerprint density at radius 2 is 1.61 bits per heavy atom. The van der Waals surface area contributed by atoms with E-state index in [1.54, 1.807) is 31.2 Å². The fourth-order valence-electron chi connectivity index (χ4n) is 2.02. The van der Waals surface area contributed by atoms with Gasteiger partial charge in [0, 0.05) is 11.4 Å². The molecule has 0 aliphatic heterocycles. The Morgan fingerprint density at radius 3 is 2.22 bits per heavy atom. The Hall–Kier alpha value is -2.40. The maximum atomic E-state index is 11.6. The van der Waals surface area contributed by atoms with Crippen molar-refractivity contribution in [3.8, 4) is 0 Å². The molecule has 0 amide bonds. The number of anilines is 2. The van der Waals surface area contributed by atoms with Crippen LogP contribution in [-0.2, 0) is 4.74 Å². The van der Waals surface area contributed by atoms with E-state index >= 15 is 0 Å². The molecule has 0 radical (unpaired) electrons. The summed E-state index contributed by atoms with van der Waals surface area (Å²) in [6.07, 6.45) is 0. The predicted molar refractivity (Wildman–Crippen MR) is 98.2 cm³/mol. The average Bonchev–Trinajstić information content (AvgIpc) is 2.52. The Bertz CT molecular complexity index is 711. The second-order valence-corrected chi connectivity index (χ2v) is 5.58. The van der Waals surface area contributed by atoms with Crippen LogP contribution < -0.4 is 10.6 Å². The summed E-state index contributed by atoms with van der Waals surface area (Å²) in [4.78, 5) is 11.6. The molecule has 0 aliphatic rings. The van der Waals surface area contributed by atoms with Crippen molar-refractivity contribution in [2.24, 2.45) is 0 Å². The van der Waals surface area contributed by atoms with Crippen molar-refractivity contribution in [2.45, 2.75) is 20.8 Å². The van der Waals surface area contributed by atoms with Crippen molar-refractivity contribution in [2.75, 3.05) is 17.2 Å². The molecule has 0 unspecified atom stereocenters. The van der Waals surface area contributed by atoms with E-state index in [9.17, 15) is 4.79 Å². The Morgan fingerprint density at radius 1 is 1.00 bits per heavy atom. The van der Waals surface area contributed by atoms with Crippen molar-refractivity contribution in [3.63, 3.8) is 0 Å². The zero-order valence-corrected chi connectivity index (χ0v) is 14.3. The van der Waals surface area contributed by atoms with Crippen molar-refractivity contribution in [1.82, 2.24) is 0 Å². The molecule has 0 atom stereocenters. The molecule has 0 saturated heterocycles. The zero-order valence-electron chi connectivity index (χ0n) is 13.5. The lowest BCUT2D eigenvalue weighted by molar-refractivity contribution is 0.0526. The highest BCUT2D eigenvalue weighted by Gasteiger charge is 2.06. The van der Waals surface area contributed by atoms with Gasteiger partial charge in [0.25, 0.3) is 0 Å². The normalized spacial score (nSPS) is 10.0. The van der Waals surface area contributed by atoms with Gasteiger partial charge < -0.3 is 15.4 Å². The van der Waals surface area contributed by atoms with Gasteiger partial charge in [0.15, 0.2) is 5.11 Å². The third kappa shape index (κ3) is 4.79. The summed E-state index contributed by atoms with van der Waals surface area (Å²) in [7, 11) is 0. The van der Waals surface area contributed by atoms with Crippen LogP contribution in [0.15, 0.2) is 42.5 Å². The molecular formula is C18H20N2O2S. The number of hydrogen-bond acceptors (Lipinski definition) is 3. The van der Waals surface area contributed by atoms with E-state index in [1.807, 2.05) is 12.1 Å². The molecule has 23 heavy (non-hydrogen) atoms. The van der Waals surface area contributed by atoms with Gasteiger partial charge in [-0.3, -0.25) is 0 Å². The minimum atomic E-state index is -0.324. The van der Waals surface area contributed by atoms with E-state index in [0.29, 0.717) is 17.3 Å². The van der Waals surface area contributed by atoms with Gasteiger partial charge in [0.2, 0.25) is 0 Å². The van der Waals surface area contributed by atoms with E-state index in [2.05, 4.69) is 30.5 Å². The van der Waals surface area contributed by atoms with Crippen LogP contribution in [0.4, 0.5) is 11.4 Å². The summed E-state index contributed by atoms with van der Waals surface area (Å²) < 4.78 is 4.95. The number of carbonyl (C=O) groups is 1. The Balaban J connectivity index is 1.97. The zero-order chi connectivity index (χ0) is 16.8. The first-order valence-corrected chi connectivity index (χ1v) is 7.83. The van der Waals surface area contributed by atoms with Gasteiger partial charge >= 0.3 is 5.97 Å². The Labute approximate surface area is 141 Å². The highest BCUT2D eigenvalue weighted by atomic mass is 32.1. The molecule has 120 valence electrons. The van der Waals surface area contributed by atoms with E-state index in [0.717, 1.165) is 11.4 Å². The molecule has 0 heterocycles. The van der Waals surface area contributed by atoms with Gasteiger partial charge in [-0.05, 0) is 80.5 Å². The van der Waals surface area contributed by atoms with Gasteiger partial charge in [-0.25, -0.2) is 4.79 Å². The van der Waals surface area contributed by atoms with E-state index in [1.165, 1.54) is 11.1 Å². The first-order valence-electron chi connectivity index (χ1n) is 7.42. The highest BCUT2D eigenvalue weighted by Crippen LogP contribution is 2.15. The van der Waals surface area contributed by atoms with E-state index in [4.69, 9.17) is 17.0 Å². The number of thiocarbonyl (C=S) groups is 1. The van der Waals surface area contributed by atoms with Gasteiger partial charge in [-0.1, -0.05) is 6.07 Å². The smallest absolute Gasteiger partial charge is 0.338 e. The van der Waals surface area contributed by atoms with Crippen LogP contribution in [0.3, 0.4) is 0 Å². The van der Waals surface area contributed by atoms with Gasteiger partial charge in [0.1, 0.15) is 0 Å². The molecule has 0 spiro atoms. The predicted octanol–water partition coefficient (Wildman–Crippen LogP) is 4.29. The molecule has 5 heteroatoms. The van der Waals surface area contributed by atoms with Crippen LogP contribution in [0.1, 0.15) is 28.4 Å². The van der Waals surface area contributed by atoms with Crippen LogP contribution >= 0.6 is 12.2 Å². The van der Waals surface area contributed by atoms with Crippen molar-refractivity contribution in [3.05, 3.63) is 59.2 Å². The summed E-state index contributed by atoms with van der Waals surface area (Å²) in [6, 6.07) is 13.1. The summed E-state index contributed by atoms with van der Waals surface area (Å²) in [6.45, 7) is 6.28. The molecule has 0 aromatic heterocycles. The second-order valence-electron chi connectivity index (χ2n) is 5.18. The van der Waals surface area contributed by atoms with Gasteiger partial charge in [0.05, 0.1) is 12.2 Å². The fraction of sp³-hybridized carbons (Fsp3) is 0.222. The lowest BCUT2D eigenvalue weighted by atomic mass is 10.1. The van der Waals surface area contributed by atoms with Crippen LogP contribution in [0.5, 0.6) is 0 Å². The minimum absolute atomic E-state index is 0.324. The maximum absolute atomic E-state index is 11.6. The van der Waals surface area contributed by atoms with Crippen molar-refractivity contribution >= 4 is 34.7 Å². The number of rotatable bonds is 4. The van der Waals surface area contributed by atoms with Crippen LogP contribution in [-0.4, -0.2) is 17.7 Å². The third-order valence-corrected chi connectivity index (χ3v) is 3.62. The first kappa shape index (κ1) is 17.0. The first-order chi connectivity index (χ1) is 11.0. The molecule has 0 aliphatic carbocycles. The molecule has 0 saturated carbocycles. The monoisotopic (exact) mass is 328 g/mol. The average molecular weight is 328 g/mol. The fourth-order valence-corrected chi connectivity index (χ4v) is 2.25. The molecule has 0 bridgehead atoms. The van der Waals surface area contributed by atoms with Crippen molar-refractivity contribution in [1.29, 1.82) is 0 Å². The van der Waals surface area contributed by atoms with Gasteiger partial charge in [-0.2, -0.15) is 0 Å². The number of benzene rings is 2. The van der Waals surface area contributed by atoms with Crippen molar-refractivity contribution < 1.29 is 9.53 Å². The molecule has 0 fully saturated rings. The summed E-state index contributed by atoms with van der Waals surface area (Å²) >= 11 is 5.31. The van der Waals surface area contributed by atoms with E-state index < -0.39 is 0 Å². The topological polar surface area (TPSA) is 50.4 Å². The summed E-state index contributed by atoms with van der Waals surface area (Å²) in [5.74, 6) is -0.324. The molecular weight excluding hydrogens is 308 g/mol. The minimum Gasteiger partial charge on any atom is -0.462 e. The summed E-state index contributed by atoms with van der Waals surface area (Å²) in [5.41, 5.74) is 4.71. The largest absolute Gasteiger partial charge is 0.462 e. The summed E-state index contributed by atoms with van der Waals surface area (Å²) in [5, 5.41) is 6.73. The number of nitrogens with one attached hydrogen (secondary N) is 2. The maximum Gasteiger partial charge on any atom is 0.338 e. The second kappa shape index (κ2) is 7.74. The molecule has 4 nitrogen and oxygen atoms in total. The molecule has 2 N–H and O–H groups in total.